The van der Waals surface area contributed by atoms with Gasteiger partial charge >= 0.3 is 5.97 Å². The molecule has 1 aromatic carbocycles. The number of nitrogens with zero attached hydrogens (tertiary/aromatic N) is 2. The monoisotopic (exact) mass is 433 g/mol. The van der Waals surface area contributed by atoms with Crippen molar-refractivity contribution < 1.29 is 14.3 Å². The van der Waals surface area contributed by atoms with Gasteiger partial charge in [-0.3, -0.25) is 9.20 Å². The van der Waals surface area contributed by atoms with Gasteiger partial charge in [0.05, 0.1) is 12.8 Å². The van der Waals surface area contributed by atoms with Crippen molar-refractivity contribution in [2.75, 3.05) is 12.4 Å². The Kier molecular flexibility index (Phi) is 5.37. The minimum Gasteiger partial charge on any atom is -0.465 e. The molecule has 31 heavy (non-hydrogen) atoms. The Morgan fingerprint density at radius 2 is 1.74 bits per heavy atom. The molecule has 0 aliphatic rings. The third kappa shape index (κ3) is 3.72. The number of pyridine rings is 1. The van der Waals surface area contributed by atoms with Gasteiger partial charge in [-0.1, -0.05) is 29.8 Å². The van der Waals surface area contributed by atoms with E-state index in [0.717, 1.165) is 27.1 Å². The molecular weight excluding hydrogens is 410 g/mol. The number of methoxy groups -OCH3 is 1. The van der Waals surface area contributed by atoms with Crippen molar-refractivity contribution in [1.29, 1.82) is 0 Å². The van der Waals surface area contributed by atoms with Gasteiger partial charge in [-0.15, -0.1) is 11.3 Å². The van der Waals surface area contributed by atoms with Crippen LogP contribution in [0.3, 0.4) is 0 Å². The fraction of sp³-hybridized carbons (Fsp3) is 0.208. The summed E-state index contributed by atoms with van der Waals surface area (Å²) in [7, 11) is 1.34. The van der Waals surface area contributed by atoms with Gasteiger partial charge in [-0.25, -0.2) is 9.78 Å². The summed E-state index contributed by atoms with van der Waals surface area (Å²) in [5, 5.41) is 3.40. The number of esters is 1. The van der Waals surface area contributed by atoms with E-state index in [-0.39, 0.29) is 5.91 Å². The summed E-state index contributed by atoms with van der Waals surface area (Å²) in [4.78, 5) is 31.4. The Bertz CT molecular complexity index is 1320. The lowest BCUT2D eigenvalue weighted by Crippen LogP contribution is -2.17. The minimum absolute atomic E-state index is 0.323. The van der Waals surface area contributed by atoms with Crippen molar-refractivity contribution in [3.05, 3.63) is 75.6 Å². The number of ether oxygens (including phenoxy) is 1. The maximum absolute atomic E-state index is 13.2. The van der Waals surface area contributed by atoms with Gasteiger partial charge in [-0.05, 0) is 51.0 Å². The average Bonchev–Trinajstić information content (AvgIpc) is 3.23. The highest BCUT2D eigenvalue weighted by atomic mass is 32.1. The third-order valence-electron chi connectivity index (χ3n) is 5.21. The van der Waals surface area contributed by atoms with Crippen LogP contribution in [0.2, 0.25) is 0 Å². The smallest absolute Gasteiger partial charge is 0.341 e. The van der Waals surface area contributed by atoms with Crippen LogP contribution in [0.15, 0.2) is 42.6 Å². The lowest BCUT2D eigenvalue weighted by molar-refractivity contribution is 0.0603. The van der Waals surface area contributed by atoms with Gasteiger partial charge in [0.15, 0.2) is 0 Å². The molecule has 0 fully saturated rings. The van der Waals surface area contributed by atoms with E-state index in [1.165, 1.54) is 18.4 Å². The largest absolute Gasteiger partial charge is 0.465 e. The van der Waals surface area contributed by atoms with Crippen LogP contribution in [0.1, 0.15) is 42.5 Å². The Hall–Kier alpha value is -3.45. The van der Waals surface area contributed by atoms with Gasteiger partial charge < -0.3 is 10.1 Å². The van der Waals surface area contributed by atoms with Gasteiger partial charge in [0.2, 0.25) is 0 Å². The van der Waals surface area contributed by atoms with E-state index in [9.17, 15) is 9.59 Å². The second-order valence-electron chi connectivity index (χ2n) is 7.53. The topological polar surface area (TPSA) is 72.7 Å². The molecule has 0 aliphatic carbocycles. The molecule has 0 aliphatic heterocycles. The first-order chi connectivity index (χ1) is 14.8. The Morgan fingerprint density at radius 3 is 2.42 bits per heavy atom. The summed E-state index contributed by atoms with van der Waals surface area (Å²) < 4.78 is 6.82. The number of carbonyl (C=O) groups is 2. The summed E-state index contributed by atoms with van der Waals surface area (Å²) >= 11 is 1.36. The summed E-state index contributed by atoms with van der Waals surface area (Å²) in [6, 6.07) is 11.8. The number of fused-ring (bicyclic) bond motifs is 1. The third-order valence-corrected chi connectivity index (χ3v) is 6.23. The lowest BCUT2D eigenvalue weighted by Gasteiger charge is -2.09. The number of amides is 1. The lowest BCUT2D eigenvalue weighted by atomic mass is 10.0. The number of aryl methyl sites for hydroxylation is 4. The predicted octanol–water partition coefficient (Wildman–Crippen LogP) is 5.34. The molecule has 0 bridgehead atoms. The van der Waals surface area contributed by atoms with Crippen LogP contribution in [0.25, 0.3) is 16.8 Å². The molecule has 4 rings (SSSR count). The van der Waals surface area contributed by atoms with Crippen LogP contribution in [0.5, 0.6) is 0 Å². The van der Waals surface area contributed by atoms with Crippen molar-refractivity contribution in [1.82, 2.24) is 9.38 Å². The summed E-state index contributed by atoms with van der Waals surface area (Å²) in [6.07, 6.45) is 1.83. The van der Waals surface area contributed by atoms with E-state index >= 15 is 0 Å². The molecule has 0 spiro atoms. The number of nitrogens with one attached hydrogen (secondary N) is 1. The van der Waals surface area contributed by atoms with E-state index in [4.69, 9.17) is 4.74 Å². The number of hydrogen-bond acceptors (Lipinski definition) is 5. The van der Waals surface area contributed by atoms with Crippen molar-refractivity contribution >= 4 is 33.9 Å². The van der Waals surface area contributed by atoms with Crippen LogP contribution >= 0.6 is 11.3 Å². The van der Waals surface area contributed by atoms with Crippen LogP contribution in [0.4, 0.5) is 5.00 Å². The predicted molar refractivity (Wildman–Crippen MR) is 123 cm³/mol. The average molecular weight is 434 g/mol. The summed E-state index contributed by atoms with van der Waals surface area (Å²) in [5.41, 5.74) is 6.00. The highest BCUT2D eigenvalue weighted by molar-refractivity contribution is 7.17. The molecule has 1 N–H and O–H groups in total. The first kappa shape index (κ1) is 20.8. The Balaban J connectivity index is 1.79. The molecule has 0 saturated heterocycles. The van der Waals surface area contributed by atoms with Crippen molar-refractivity contribution in [2.24, 2.45) is 0 Å². The first-order valence-corrected chi connectivity index (χ1v) is 10.7. The molecule has 4 aromatic rings. The van der Waals surface area contributed by atoms with Gasteiger partial charge in [-0.2, -0.15) is 0 Å². The van der Waals surface area contributed by atoms with Gasteiger partial charge in [0, 0.05) is 16.6 Å². The molecule has 0 unspecified atom stereocenters. The fourth-order valence-electron chi connectivity index (χ4n) is 3.70. The molecule has 3 heterocycles. The van der Waals surface area contributed by atoms with Crippen LogP contribution in [0, 0.1) is 27.7 Å². The Morgan fingerprint density at radius 1 is 1.03 bits per heavy atom. The molecule has 0 radical (unpaired) electrons. The van der Waals surface area contributed by atoms with E-state index in [1.54, 1.807) is 11.3 Å². The molecule has 1 amide bonds. The summed E-state index contributed by atoms with van der Waals surface area (Å²) in [6.45, 7) is 7.73. The minimum atomic E-state index is -0.485. The van der Waals surface area contributed by atoms with Crippen molar-refractivity contribution in [3.63, 3.8) is 0 Å². The van der Waals surface area contributed by atoms with E-state index in [2.05, 4.69) is 10.3 Å². The van der Waals surface area contributed by atoms with Crippen LogP contribution in [-0.2, 0) is 4.74 Å². The number of aromatic nitrogens is 2. The second kappa shape index (κ2) is 8.00. The summed E-state index contributed by atoms with van der Waals surface area (Å²) in [5.74, 6) is -0.809. The van der Waals surface area contributed by atoms with Crippen molar-refractivity contribution in [2.45, 2.75) is 27.7 Å². The zero-order valence-corrected chi connectivity index (χ0v) is 18.9. The Labute approximate surface area is 184 Å². The molecule has 0 saturated carbocycles. The first-order valence-electron chi connectivity index (χ1n) is 9.85. The number of anilines is 1. The quantitative estimate of drug-likeness (QED) is 0.441. The zero-order valence-electron chi connectivity index (χ0n) is 18.1. The number of rotatable bonds is 4. The molecule has 7 heteroatoms. The highest BCUT2D eigenvalue weighted by Gasteiger charge is 2.26. The van der Waals surface area contributed by atoms with E-state index < -0.39 is 5.97 Å². The maximum atomic E-state index is 13.2. The molecule has 0 atom stereocenters. The van der Waals surface area contributed by atoms with E-state index in [0.29, 0.717) is 27.6 Å². The molecular formula is C24H23N3O3S. The molecule has 6 nitrogen and oxygen atoms in total. The maximum Gasteiger partial charge on any atom is 0.341 e. The SMILES string of the molecule is COC(=O)c1c(NC(=O)c2c(C)nc3cc(C)ccn23)sc(C)c1-c1ccc(C)cc1. The van der Waals surface area contributed by atoms with Crippen LogP contribution < -0.4 is 5.32 Å². The standard InChI is InChI=1S/C24H23N3O3S/c1-13-6-8-17(9-7-13)19-16(4)31-23(20(19)24(29)30-5)26-22(28)21-15(3)25-18-12-14(2)10-11-27(18)21/h6-12H,1-5H3,(H,26,28). The van der Waals surface area contributed by atoms with Gasteiger partial charge in [0.1, 0.15) is 21.9 Å². The number of imidazole rings is 1. The normalized spacial score (nSPS) is 11.0. The van der Waals surface area contributed by atoms with Crippen molar-refractivity contribution in [3.8, 4) is 11.1 Å². The van der Waals surface area contributed by atoms with Gasteiger partial charge in [0.25, 0.3) is 5.91 Å². The zero-order chi connectivity index (χ0) is 22.3. The molecule has 3 aromatic heterocycles. The number of thiophene rings is 1. The van der Waals surface area contributed by atoms with Crippen LogP contribution in [-0.4, -0.2) is 28.4 Å². The fourth-order valence-corrected chi connectivity index (χ4v) is 4.76. The number of carbonyl (C=O) groups excluding carboxylic acids is 2. The van der Waals surface area contributed by atoms with E-state index in [1.807, 2.05) is 63.4 Å². The number of benzene rings is 1. The second-order valence-corrected chi connectivity index (χ2v) is 8.75. The highest BCUT2D eigenvalue weighted by Crippen LogP contribution is 2.40. The number of hydrogen-bond donors (Lipinski definition) is 1. The molecule has 158 valence electrons.